The number of hydrogen-bond donors (Lipinski definition) is 1. The molecule has 0 bridgehead atoms. The Morgan fingerprint density at radius 3 is 2.62 bits per heavy atom. The predicted octanol–water partition coefficient (Wildman–Crippen LogP) is 2.16. The number of methoxy groups -OCH3 is 1. The van der Waals surface area contributed by atoms with Crippen LogP contribution in [0.5, 0.6) is 17.5 Å². The van der Waals surface area contributed by atoms with Gasteiger partial charge in [-0.05, 0) is 19.1 Å². The van der Waals surface area contributed by atoms with Crippen molar-refractivity contribution in [3.05, 3.63) is 41.2 Å². The van der Waals surface area contributed by atoms with Crippen LogP contribution >= 0.6 is 0 Å². The first-order valence-electron chi connectivity index (χ1n) is 5.87. The molecule has 0 amide bonds. The van der Waals surface area contributed by atoms with Crippen molar-refractivity contribution < 1.29 is 19.4 Å². The molecule has 0 unspecified atom stereocenters. The van der Waals surface area contributed by atoms with Crippen molar-refractivity contribution in [1.29, 1.82) is 5.26 Å². The molecule has 2 rings (SSSR count). The number of nitrogens with zero attached hydrogens (tertiary/aromatic N) is 3. The molecule has 1 aromatic heterocycles. The molecule has 0 saturated carbocycles. The first-order chi connectivity index (χ1) is 10.0. The van der Waals surface area contributed by atoms with Crippen molar-refractivity contribution in [2.24, 2.45) is 0 Å². The Morgan fingerprint density at radius 1 is 1.33 bits per heavy atom. The summed E-state index contributed by atoms with van der Waals surface area (Å²) in [6, 6.07) is 6.62. The molecule has 1 heterocycles. The average molecular weight is 285 g/mol. The van der Waals surface area contributed by atoms with Gasteiger partial charge < -0.3 is 14.6 Å². The standard InChI is InChI=1S/C14H11N3O4/c1-8-12(13(18)19)7-16-14(17-8)21-11-4-9(6-15)3-10(5-11)20-2/h3-5,7H,1-2H3,(H,18,19). The number of nitriles is 1. The topological polar surface area (TPSA) is 105 Å². The maximum Gasteiger partial charge on any atom is 0.339 e. The highest BCUT2D eigenvalue weighted by molar-refractivity contribution is 5.88. The van der Waals surface area contributed by atoms with Crippen LogP contribution in [0.25, 0.3) is 0 Å². The van der Waals surface area contributed by atoms with E-state index < -0.39 is 5.97 Å². The maximum atomic E-state index is 10.9. The van der Waals surface area contributed by atoms with Crippen molar-refractivity contribution in [3.63, 3.8) is 0 Å². The zero-order chi connectivity index (χ0) is 15.4. The molecule has 7 nitrogen and oxygen atoms in total. The first-order valence-corrected chi connectivity index (χ1v) is 5.87. The fourth-order valence-corrected chi connectivity index (χ4v) is 1.62. The van der Waals surface area contributed by atoms with E-state index in [4.69, 9.17) is 19.8 Å². The van der Waals surface area contributed by atoms with E-state index in [0.29, 0.717) is 17.1 Å². The number of hydrogen-bond acceptors (Lipinski definition) is 6. The molecule has 0 radical (unpaired) electrons. The zero-order valence-corrected chi connectivity index (χ0v) is 11.3. The molecule has 0 saturated heterocycles. The van der Waals surface area contributed by atoms with Gasteiger partial charge >= 0.3 is 12.0 Å². The molecular weight excluding hydrogens is 274 g/mol. The molecule has 0 aliphatic heterocycles. The van der Waals surface area contributed by atoms with Crippen molar-refractivity contribution in [2.45, 2.75) is 6.92 Å². The van der Waals surface area contributed by atoms with Crippen LogP contribution in [0.2, 0.25) is 0 Å². The number of carboxylic acid groups (broad SMARTS) is 1. The van der Waals surface area contributed by atoms with Crippen molar-refractivity contribution in [1.82, 2.24) is 9.97 Å². The third kappa shape index (κ3) is 3.25. The second-order valence-corrected chi connectivity index (χ2v) is 4.07. The van der Waals surface area contributed by atoms with Gasteiger partial charge in [-0.1, -0.05) is 0 Å². The minimum Gasteiger partial charge on any atom is -0.497 e. The van der Waals surface area contributed by atoms with E-state index in [1.54, 1.807) is 19.1 Å². The summed E-state index contributed by atoms with van der Waals surface area (Å²) in [7, 11) is 1.47. The molecule has 1 N–H and O–H groups in total. The summed E-state index contributed by atoms with van der Waals surface area (Å²) in [5.74, 6) is -0.316. The summed E-state index contributed by atoms with van der Waals surface area (Å²) in [4.78, 5) is 18.7. The second-order valence-electron chi connectivity index (χ2n) is 4.07. The number of aromatic carboxylic acids is 1. The van der Waals surface area contributed by atoms with Gasteiger partial charge in [0.1, 0.15) is 11.5 Å². The molecule has 0 aliphatic carbocycles. The van der Waals surface area contributed by atoms with Gasteiger partial charge in [0.15, 0.2) is 0 Å². The smallest absolute Gasteiger partial charge is 0.339 e. The van der Waals surface area contributed by atoms with Gasteiger partial charge in [0.25, 0.3) is 0 Å². The van der Waals surface area contributed by atoms with Crippen molar-refractivity contribution >= 4 is 5.97 Å². The summed E-state index contributed by atoms with van der Waals surface area (Å²) in [6.45, 7) is 1.55. The van der Waals surface area contributed by atoms with E-state index >= 15 is 0 Å². The Balaban J connectivity index is 2.32. The largest absolute Gasteiger partial charge is 0.497 e. The van der Waals surface area contributed by atoms with Gasteiger partial charge in [0.2, 0.25) is 0 Å². The highest BCUT2D eigenvalue weighted by Crippen LogP contribution is 2.25. The monoisotopic (exact) mass is 285 g/mol. The van der Waals surface area contributed by atoms with Crippen molar-refractivity contribution in [3.8, 4) is 23.6 Å². The van der Waals surface area contributed by atoms with Gasteiger partial charge in [-0.15, -0.1) is 0 Å². The summed E-state index contributed by atoms with van der Waals surface area (Å²) in [6.07, 6.45) is 1.17. The van der Waals surface area contributed by atoms with E-state index in [0.717, 1.165) is 0 Å². The van der Waals surface area contributed by atoms with Crippen LogP contribution in [0.15, 0.2) is 24.4 Å². The lowest BCUT2D eigenvalue weighted by molar-refractivity contribution is 0.0695. The Bertz CT molecular complexity index is 737. The van der Waals surface area contributed by atoms with Gasteiger partial charge in [-0.3, -0.25) is 0 Å². The molecular formula is C14H11N3O4. The lowest BCUT2D eigenvalue weighted by atomic mass is 10.2. The summed E-state index contributed by atoms with van der Waals surface area (Å²) in [5.41, 5.74) is 0.657. The SMILES string of the molecule is COc1cc(C#N)cc(Oc2ncc(C(=O)O)c(C)n2)c1. The molecule has 0 atom stereocenters. The quantitative estimate of drug-likeness (QED) is 0.917. The highest BCUT2D eigenvalue weighted by atomic mass is 16.5. The number of carbonyl (C=O) groups is 1. The predicted molar refractivity (Wildman–Crippen MR) is 71.5 cm³/mol. The first kappa shape index (κ1) is 14.3. The van der Waals surface area contributed by atoms with Gasteiger partial charge in [-0.2, -0.15) is 10.2 Å². The fourth-order valence-electron chi connectivity index (χ4n) is 1.62. The Kier molecular flexibility index (Phi) is 4.00. The van der Waals surface area contributed by atoms with E-state index in [-0.39, 0.29) is 17.3 Å². The molecule has 7 heteroatoms. The lowest BCUT2D eigenvalue weighted by Gasteiger charge is -2.07. The molecule has 1 aromatic carbocycles. The van der Waals surface area contributed by atoms with Gasteiger partial charge in [-0.25, -0.2) is 9.78 Å². The molecule has 0 fully saturated rings. The van der Waals surface area contributed by atoms with Gasteiger partial charge in [0.05, 0.1) is 30.0 Å². The third-order valence-corrected chi connectivity index (χ3v) is 2.64. The summed E-state index contributed by atoms with van der Waals surface area (Å²) >= 11 is 0. The van der Waals surface area contributed by atoms with E-state index in [1.807, 2.05) is 6.07 Å². The summed E-state index contributed by atoms with van der Waals surface area (Å²) in [5, 5.41) is 17.8. The molecule has 2 aromatic rings. The highest BCUT2D eigenvalue weighted by Gasteiger charge is 2.11. The number of aryl methyl sites for hydroxylation is 1. The Labute approximate surface area is 120 Å². The van der Waals surface area contributed by atoms with Crippen LogP contribution in [-0.4, -0.2) is 28.2 Å². The maximum absolute atomic E-state index is 10.9. The van der Waals surface area contributed by atoms with Gasteiger partial charge in [0, 0.05) is 12.3 Å². The number of rotatable bonds is 4. The number of carboxylic acids is 1. The van der Waals surface area contributed by atoms with Crippen LogP contribution < -0.4 is 9.47 Å². The van der Waals surface area contributed by atoms with Crippen LogP contribution in [0.1, 0.15) is 21.6 Å². The Morgan fingerprint density at radius 2 is 2.05 bits per heavy atom. The van der Waals surface area contributed by atoms with E-state index in [1.165, 1.54) is 19.4 Å². The third-order valence-electron chi connectivity index (χ3n) is 2.64. The number of aromatic nitrogens is 2. The second kappa shape index (κ2) is 5.88. The summed E-state index contributed by atoms with van der Waals surface area (Å²) < 4.78 is 10.5. The zero-order valence-electron chi connectivity index (χ0n) is 11.3. The van der Waals surface area contributed by atoms with Crippen LogP contribution in [-0.2, 0) is 0 Å². The molecule has 21 heavy (non-hydrogen) atoms. The van der Waals surface area contributed by atoms with Crippen LogP contribution in [0.4, 0.5) is 0 Å². The molecule has 0 aliphatic rings. The van der Waals surface area contributed by atoms with Crippen LogP contribution in [0, 0.1) is 18.3 Å². The minimum absolute atomic E-state index is 0.00496. The molecule has 0 spiro atoms. The lowest BCUT2D eigenvalue weighted by Crippen LogP contribution is -2.04. The van der Waals surface area contributed by atoms with Crippen molar-refractivity contribution in [2.75, 3.05) is 7.11 Å². The van der Waals surface area contributed by atoms with E-state index in [2.05, 4.69) is 9.97 Å². The van der Waals surface area contributed by atoms with E-state index in [9.17, 15) is 4.79 Å². The average Bonchev–Trinajstić information content (AvgIpc) is 2.46. The molecule has 106 valence electrons. The Hall–Kier alpha value is -3.14. The number of ether oxygens (including phenoxy) is 2. The number of benzene rings is 1. The van der Waals surface area contributed by atoms with Crippen LogP contribution in [0.3, 0.4) is 0 Å². The normalized spacial score (nSPS) is 9.76. The fraction of sp³-hybridized carbons (Fsp3) is 0.143. The minimum atomic E-state index is -1.10.